The fraction of sp³-hybridized carbons (Fsp3) is 0.316. The van der Waals surface area contributed by atoms with Crippen molar-refractivity contribution < 1.29 is 27.6 Å². The number of hydrogen-bond acceptors (Lipinski definition) is 7. The van der Waals surface area contributed by atoms with Crippen LogP contribution in [0.4, 0.5) is 5.69 Å². The quantitative estimate of drug-likeness (QED) is 0.430. The topological polar surface area (TPSA) is 137 Å². The van der Waals surface area contributed by atoms with Gasteiger partial charge in [-0.2, -0.15) is 0 Å². The zero-order chi connectivity index (χ0) is 22.3. The van der Waals surface area contributed by atoms with Gasteiger partial charge in [0.2, 0.25) is 0 Å². The van der Waals surface area contributed by atoms with Crippen molar-refractivity contribution in [2.45, 2.75) is 25.2 Å². The van der Waals surface area contributed by atoms with E-state index < -0.39 is 20.9 Å². The van der Waals surface area contributed by atoms with Crippen LogP contribution in [0.2, 0.25) is 0 Å². The molecule has 0 saturated carbocycles. The molecular formula is C19H23N3O7S. The Labute approximate surface area is 174 Å². The Morgan fingerprint density at radius 2 is 1.80 bits per heavy atom. The Morgan fingerprint density at radius 3 is 2.37 bits per heavy atom. The Kier molecular flexibility index (Phi) is 7.72. The molecule has 0 saturated heterocycles. The van der Waals surface area contributed by atoms with Gasteiger partial charge >= 0.3 is 0 Å². The van der Waals surface area contributed by atoms with E-state index in [2.05, 4.69) is 19.3 Å². The summed E-state index contributed by atoms with van der Waals surface area (Å²) >= 11 is 0. The van der Waals surface area contributed by atoms with Crippen molar-refractivity contribution in [2.75, 3.05) is 13.7 Å². The van der Waals surface area contributed by atoms with Crippen molar-refractivity contribution in [3.8, 4) is 11.5 Å². The van der Waals surface area contributed by atoms with E-state index in [9.17, 15) is 23.3 Å². The number of hydrogen-bond donors (Lipinski definition) is 2. The van der Waals surface area contributed by atoms with Gasteiger partial charge in [-0.3, -0.25) is 20.3 Å². The predicted molar refractivity (Wildman–Crippen MR) is 109 cm³/mol. The molecule has 0 aromatic heterocycles. The molecule has 0 aliphatic rings. The highest BCUT2D eigenvalue weighted by atomic mass is 32.2. The summed E-state index contributed by atoms with van der Waals surface area (Å²) in [5.74, 6) is 0.572. The number of nitro groups is 1. The molecule has 0 fully saturated rings. The number of carbonyl (C=O) groups is 1. The lowest BCUT2D eigenvalue weighted by Gasteiger charge is -2.13. The third-order valence-electron chi connectivity index (χ3n) is 4.04. The Balaban J connectivity index is 2.05. The molecule has 0 spiro atoms. The van der Waals surface area contributed by atoms with Gasteiger partial charge in [0.15, 0.2) is 11.5 Å². The van der Waals surface area contributed by atoms with Crippen LogP contribution in [0, 0.1) is 16.0 Å². The van der Waals surface area contributed by atoms with Gasteiger partial charge in [-0.15, -0.1) is 4.83 Å². The van der Waals surface area contributed by atoms with E-state index in [0.717, 1.165) is 30.7 Å². The number of ether oxygens (including phenoxy) is 2. The van der Waals surface area contributed by atoms with Crippen LogP contribution in [0.5, 0.6) is 11.5 Å². The van der Waals surface area contributed by atoms with Gasteiger partial charge in [0.1, 0.15) is 0 Å². The molecule has 2 N–H and O–H groups in total. The number of hydrazine groups is 1. The maximum atomic E-state index is 12.3. The molecule has 2 aromatic rings. The summed E-state index contributed by atoms with van der Waals surface area (Å²) in [7, 11) is -2.68. The van der Waals surface area contributed by atoms with Crippen molar-refractivity contribution >= 4 is 21.6 Å². The summed E-state index contributed by atoms with van der Waals surface area (Å²) in [5, 5.41) is 10.7. The Hall–Kier alpha value is -3.18. The van der Waals surface area contributed by atoms with Crippen LogP contribution in [0.3, 0.4) is 0 Å². The smallest absolute Gasteiger partial charge is 0.269 e. The van der Waals surface area contributed by atoms with Crippen molar-refractivity contribution in [1.82, 2.24) is 10.3 Å². The van der Waals surface area contributed by atoms with Gasteiger partial charge in [0, 0.05) is 17.7 Å². The van der Waals surface area contributed by atoms with Crippen LogP contribution in [-0.4, -0.2) is 33.0 Å². The van der Waals surface area contributed by atoms with E-state index in [1.54, 1.807) is 6.07 Å². The molecule has 0 aliphatic carbocycles. The lowest BCUT2D eigenvalue weighted by atomic mass is 10.1. The highest BCUT2D eigenvalue weighted by Gasteiger charge is 2.18. The predicted octanol–water partition coefficient (Wildman–Crippen LogP) is 2.65. The standard InChI is InChI=1S/C19H23N3O7S/c1-13(2)10-11-29-17-9-4-14(12-18(17)28-3)19(23)20-21-30(26,27)16-7-5-15(6-8-16)22(24)25/h4-9,12-13,21H,10-11H2,1-3H3,(H,20,23). The number of methoxy groups -OCH3 is 1. The number of benzene rings is 2. The first-order valence-electron chi connectivity index (χ1n) is 9.01. The maximum Gasteiger partial charge on any atom is 0.269 e. The zero-order valence-electron chi connectivity index (χ0n) is 16.7. The van der Waals surface area contributed by atoms with Crippen LogP contribution >= 0.6 is 0 Å². The number of sulfonamides is 1. The molecule has 1 amide bonds. The van der Waals surface area contributed by atoms with Crippen molar-refractivity contribution in [2.24, 2.45) is 5.92 Å². The maximum absolute atomic E-state index is 12.3. The van der Waals surface area contributed by atoms with E-state index >= 15 is 0 Å². The Morgan fingerprint density at radius 1 is 1.13 bits per heavy atom. The molecule has 2 aromatic carbocycles. The van der Waals surface area contributed by atoms with Gasteiger partial charge < -0.3 is 9.47 Å². The average Bonchev–Trinajstić information content (AvgIpc) is 2.72. The molecule has 0 atom stereocenters. The van der Waals surface area contributed by atoms with Gasteiger partial charge in [0.25, 0.3) is 21.6 Å². The normalized spacial score (nSPS) is 11.2. The van der Waals surface area contributed by atoms with Gasteiger partial charge in [-0.05, 0) is 42.7 Å². The zero-order valence-corrected chi connectivity index (χ0v) is 17.6. The largest absolute Gasteiger partial charge is 0.493 e. The second-order valence-electron chi connectivity index (χ2n) is 6.71. The lowest BCUT2D eigenvalue weighted by Crippen LogP contribution is -2.41. The van der Waals surface area contributed by atoms with Gasteiger partial charge in [0.05, 0.1) is 23.5 Å². The summed E-state index contributed by atoms with van der Waals surface area (Å²) in [6, 6.07) is 8.72. The molecule has 0 heterocycles. The van der Waals surface area contributed by atoms with E-state index in [1.807, 2.05) is 4.83 Å². The molecule has 0 bridgehead atoms. The molecule has 0 radical (unpaired) electrons. The van der Waals surface area contributed by atoms with Crippen LogP contribution in [-0.2, 0) is 10.0 Å². The van der Waals surface area contributed by atoms with E-state index in [-0.39, 0.29) is 16.1 Å². The van der Waals surface area contributed by atoms with Crippen LogP contribution in [0.25, 0.3) is 0 Å². The SMILES string of the molecule is COc1cc(C(=O)NNS(=O)(=O)c2ccc([N+](=O)[O-])cc2)ccc1OCCC(C)C. The fourth-order valence-electron chi connectivity index (χ4n) is 2.32. The monoisotopic (exact) mass is 437 g/mol. The molecule has 30 heavy (non-hydrogen) atoms. The van der Waals surface area contributed by atoms with E-state index in [4.69, 9.17) is 9.47 Å². The van der Waals surface area contributed by atoms with Crippen LogP contribution in [0.15, 0.2) is 47.4 Å². The summed E-state index contributed by atoms with van der Waals surface area (Å²) in [4.78, 5) is 24.1. The summed E-state index contributed by atoms with van der Waals surface area (Å²) < 4.78 is 35.4. The lowest BCUT2D eigenvalue weighted by molar-refractivity contribution is -0.384. The minimum absolute atomic E-state index is 0.148. The summed E-state index contributed by atoms with van der Waals surface area (Å²) in [6.45, 7) is 4.64. The minimum atomic E-state index is -4.11. The van der Waals surface area contributed by atoms with Gasteiger partial charge in [-0.25, -0.2) is 8.42 Å². The number of rotatable bonds is 10. The molecule has 162 valence electrons. The number of non-ortho nitro benzene ring substituents is 1. The van der Waals surface area contributed by atoms with E-state index in [0.29, 0.717) is 24.0 Å². The van der Waals surface area contributed by atoms with Crippen molar-refractivity contribution in [3.63, 3.8) is 0 Å². The van der Waals surface area contributed by atoms with Crippen LogP contribution < -0.4 is 19.7 Å². The molecule has 10 nitrogen and oxygen atoms in total. The molecule has 0 unspecified atom stereocenters. The molecule has 2 rings (SSSR count). The first-order chi connectivity index (χ1) is 14.1. The fourth-order valence-corrected chi connectivity index (χ4v) is 3.16. The van der Waals surface area contributed by atoms with Crippen molar-refractivity contribution in [3.05, 3.63) is 58.1 Å². The summed E-state index contributed by atoms with van der Waals surface area (Å²) in [6.07, 6.45) is 0.857. The highest BCUT2D eigenvalue weighted by molar-refractivity contribution is 7.89. The molecule has 0 aliphatic heterocycles. The number of carbonyl (C=O) groups excluding carboxylic acids is 1. The van der Waals surface area contributed by atoms with Gasteiger partial charge in [-0.1, -0.05) is 13.8 Å². The average molecular weight is 437 g/mol. The third-order valence-corrected chi connectivity index (χ3v) is 5.30. The highest BCUT2D eigenvalue weighted by Crippen LogP contribution is 2.28. The minimum Gasteiger partial charge on any atom is -0.493 e. The second-order valence-corrected chi connectivity index (χ2v) is 8.39. The number of nitro benzene ring substituents is 1. The second kappa shape index (κ2) is 10.0. The summed E-state index contributed by atoms with van der Waals surface area (Å²) in [5.41, 5.74) is 2.00. The molecular weight excluding hydrogens is 414 g/mol. The first kappa shape index (κ1) is 23.1. The Bertz CT molecular complexity index is 1010. The number of nitrogens with zero attached hydrogens (tertiary/aromatic N) is 1. The number of amides is 1. The van der Waals surface area contributed by atoms with E-state index in [1.165, 1.54) is 19.2 Å². The third kappa shape index (κ3) is 6.16. The first-order valence-corrected chi connectivity index (χ1v) is 10.5. The molecule has 11 heteroatoms. The van der Waals surface area contributed by atoms with Crippen LogP contribution in [0.1, 0.15) is 30.6 Å². The number of nitrogens with one attached hydrogen (secondary N) is 2. The van der Waals surface area contributed by atoms with Crippen molar-refractivity contribution in [1.29, 1.82) is 0 Å².